The summed E-state index contributed by atoms with van der Waals surface area (Å²) in [6.45, 7) is 0.0654. The summed E-state index contributed by atoms with van der Waals surface area (Å²) in [6.07, 6.45) is 2.12. The zero-order valence-corrected chi connectivity index (χ0v) is 7.56. The molecular formula is C7H12N2O2S. The number of nitrogens with one attached hydrogen (secondary N) is 2. The van der Waals surface area contributed by atoms with Gasteiger partial charge in [-0.1, -0.05) is 0 Å². The maximum atomic E-state index is 11.0. The van der Waals surface area contributed by atoms with Gasteiger partial charge < -0.3 is 10.6 Å². The van der Waals surface area contributed by atoms with Gasteiger partial charge >= 0.3 is 0 Å². The van der Waals surface area contributed by atoms with Crippen molar-refractivity contribution in [3.63, 3.8) is 0 Å². The lowest BCUT2D eigenvalue weighted by atomic mass is 10.5. The van der Waals surface area contributed by atoms with Crippen molar-refractivity contribution in [3.8, 4) is 0 Å². The number of rotatable bonds is 4. The fourth-order valence-corrected chi connectivity index (χ4v) is 0.853. The Balaban J connectivity index is 2.04. The summed E-state index contributed by atoms with van der Waals surface area (Å²) in [7, 11) is 0. The van der Waals surface area contributed by atoms with Gasteiger partial charge in [-0.3, -0.25) is 9.59 Å². The maximum Gasteiger partial charge on any atom is 0.239 e. The van der Waals surface area contributed by atoms with Crippen LogP contribution in [0.5, 0.6) is 0 Å². The Morgan fingerprint density at radius 1 is 1.33 bits per heavy atom. The SMILES string of the molecule is O=C(CS)NCC(=O)NC1CC1. The molecule has 0 radical (unpaired) electrons. The van der Waals surface area contributed by atoms with Gasteiger partial charge in [0.1, 0.15) is 0 Å². The second-order valence-corrected chi connectivity index (χ2v) is 3.09. The third kappa shape index (κ3) is 3.61. The molecule has 0 aromatic carbocycles. The third-order valence-corrected chi connectivity index (χ3v) is 1.82. The topological polar surface area (TPSA) is 58.2 Å². The normalized spacial score (nSPS) is 15.4. The van der Waals surface area contributed by atoms with E-state index in [0.717, 1.165) is 12.8 Å². The first-order valence-electron chi connectivity index (χ1n) is 3.89. The standard InChI is InChI=1S/C7H12N2O2S/c10-6(9-5-1-2-5)3-8-7(11)4-12/h5,12H,1-4H2,(H,8,11)(H,9,10). The molecule has 0 aliphatic heterocycles. The van der Waals surface area contributed by atoms with Crippen LogP contribution in [-0.2, 0) is 9.59 Å². The smallest absolute Gasteiger partial charge is 0.239 e. The highest BCUT2D eigenvalue weighted by atomic mass is 32.1. The minimum Gasteiger partial charge on any atom is -0.352 e. The Morgan fingerprint density at radius 3 is 2.50 bits per heavy atom. The van der Waals surface area contributed by atoms with Gasteiger partial charge in [0.25, 0.3) is 0 Å². The molecule has 2 N–H and O–H groups in total. The fraction of sp³-hybridized carbons (Fsp3) is 0.714. The van der Waals surface area contributed by atoms with Crippen molar-refractivity contribution in [1.29, 1.82) is 0 Å². The van der Waals surface area contributed by atoms with Crippen LogP contribution in [0.15, 0.2) is 0 Å². The minimum absolute atomic E-state index is 0.0654. The molecule has 0 heterocycles. The highest BCUT2D eigenvalue weighted by molar-refractivity contribution is 7.81. The van der Waals surface area contributed by atoms with E-state index in [0.29, 0.717) is 6.04 Å². The molecule has 0 bridgehead atoms. The molecule has 1 aliphatic carbocycles. The maximum absolute atomic E-state index is 11.0. The summed E-state index contributed by atoms with van der Waals surface area (Å²) in [5, 5.41) is 5.19. The largest absolute Gasteiger partial charge is 0.352 e. The average molecular weight is 188 g/mol. The van der Waals surface area contributed by atoms with Crippen LogP contribution < -0.4 is 10.6 Å². The van der Waals surface area contributed by atoms with E-state index in [1.54, 1.807) is 0 Å². The van der Waals surface area contributed by atoms with Crippen molar-refractivity contribution in [2.75, 3.05) is 12.3 Å². The van der Waals surface area contributed by atoms with E-state index in [-0.39, 0.29) is 24.1 Å². The molecule has 1 saturated carbocycles. The second-order valence-electron chi connectivity index (χ2n) is 2.78. The zero-order chi connectivity index (χ0) is 8.97. The molecule has 68 valence electrons. The fourth-order valence-electron chi connectivity index (χ4n) is 0.741. The van der Waals surface area contributed by atoms with Crippen LogP contribution in [0, 0.1) is 0 Å². The number of carbonyl (C=O) groups is 2. The molecule has 5 heteroatoms. The van der Waals surface area contributed by atoms with Gasteiger partial charge in [-0.25, -0.2) is 0 Å². The molecule has 4 nitrogen and oxygen atoms in total. The van der Waals surface area contributed by atoms with Crippen molar-refractivity contribution in [2.24, 2.45) is 0 Å². The van der Waals surface area contributed by atoms with E-state index in [9.17, 15) is 9.59 Å². The van der Waals surface area contributed by atoms with Crippen LogP contribution in [0.25, 0.3) is 0 Å². The van der Waals surface area contributed by atoms with Gasteiger partial charge in [-0.2, -0.15) is 12.6 Å². The third-order valence-electron chi connectivity index (χ3n) is 1.53. The summed E-state index contributed by atoms with van der Waals surface area (Å²) in [5.41, 5.74) is 0. The molecule has 0 atom stereocenters. The number of thiol groups is 1. The highest BCUT2D eigenvalue weighted by Gasteiger charge is 2.22. The Morgan fingerprint density at radius 2 is 2.00 bits per heavy atom. The molecule has 0 aromatic rings. The number of carbonyl (C=O) groups excluding carboxylic acids is 2. The molecule has 1 aliphatic rings. The number of amides is 2. The Bertz CT molecular complexity index is 192. The summed E-state index contributed by atoms with van der Waals surface area (Å²) < 4.78 is 0. The van der Waals surface area contributed by atoms with Gasteiger partial charge in [0.15, 0.2) is 0 Å². The number of hydrogen-bond donors (Lipinski definition) is 3. The lowest BCUT2D eigenvalue weighted by Gasteiger charge is -2.03. The van der Waals surface area contributed by atoms with Crippen molar-refractivity contribution in [3.05, 3.63) is 0 Å². The van der Waals surface area contributed by atoms with Crippen molar-refractivity contribution < 1.29 is 9.59 Å². The van der Waals surface area contributed by atoms with Gasteiger partial charge in [-0.15, -0.1) is 0 Å². The lowest BCUT2D eigenvalue weighted by Crippen LogP contribution is -2.38. The summed E-state index contributed by atoms with van der Waals surface area (Å²) in [6, 6.07) is 0.352. The molecular weight excluding hydrogens is 176 g/mol. The van der Waals surface area contributed by atoms with E-state index in [1.807, 2.05) is 0 Å². The van der Waals surface area contributed by atoms with Gasteiger partial charge in [0.2, 0.25) is 11.8 Å². The summed E-state index contributed by atoms with van der Waals surface area (Å²) in [4.78, 5) is 21.6. The van der Waals surface area contributed by atoms with Crippen LogP contribution in [0.2, 0.25) is 0 Å². The van der Waals surface area contributed by atoms with E-state index >= 15 is 0 Å². The van der Waals surface area contributed by atoms with E-state index in [2.05, 4.69) is 23.3 Å². The Labute approximate surface area is 76.5 Å². The summed E-state index contributed by atoms with van der Waals surface area (Å²) in [5.74, 6) is -0.214. The van der Waals surface area contributed by atoms with Crippen molar-refractivity contribution in [2.45, 2.75) is 18.9 Å². The van der Waals surface area contributed by atoms with Gasteiger partial charge in [0, 0.05) is 6.04 Å². The molecule has 0 saturated heterocycles. The first kappa shape index (κ1) is 9.38. The predicted octanol–water partition coefficient (Wildman–Crippen LogP) is -0.689. The first-order valence-corrected chi connectivity index (χ1v) is 4.52. The van der Waals surface area contributed by atoms with Gasteiger partial charge in [-0.05, 0) is 12.8 Å². The minimum atomic E-state index is -0.218. The molecule has 0 aromatic heterocycles. The average Bonchev–Trinajstić information content (AvgIpc) is 2.84. The van der Waals surface area contributed by atoms with E-state index in [4.69, 9.17) is 0 Å². The molecule has 1 rings (SSSR count). The van der Waals surface area contributed by atoms with Gasteiger partial charge in [0.05, 0.1) is 12.3 Å². The molecule has 1 fully saturated rings. The van der Waals surface area contributed by atoms with Crippen LogP contribution in [-0.4, -0.2) is 30.2 Å². The van der Waals surface area contributed by atoms with Crippen LogP contribution in [0.4, 0.5) is 0 Å². The predicted molar refractivity (Wildman–Crippen MR) is 48.0 cm³/mol. The molecule has 0 spiro atoms. The first-order chi connectivity index (χ1) is 5.72. The highest BCUT2D eigenvalue weighted by Crippen LogP contribution is 2.17. The second kappa shape index (κ2) is 4.35. The molecule has 12 heavy (non-hydrogen) atoms. The quantitative estimate of drug-likeness (QED) is 0.511. The van der Waals surface area contributed by atoms with Crippen LogP contribution in [0.3, 0.4) is 0 Å². The number of hydrogen-bond acceptors (Lipinski definition) is 3. The molecule has 0 unspecified atom stereocenters. The van der Waals surface area contributed by atoms with Crippen molar-refractivity contribution >= 4 is 24.4 Å². The Hall–Kier alpha value is -0.710. The molecule has 2 amide bonds. The zero-order valence-electron chi connectivity index (χ0n) is 6.67. The Kier molecular flexibility index (Phi) is 3.40. The van der Waals surface area contributed by atoms with E-state index < -0.39 is 0 Å². The lowest BCUT2D eigenvalue weighted by molar-refractivity contribution is -0.124. The van der Waals surface area contributed by atoms with Crippen molar-refractivity contribution in [1.82, 2.24) is 10.6 Å². The van der Waals surface area contributed by atoms with Crippen LogP contribution >= 0.6 is 12.6 Å². The summed E-state index contributed by atoms with van der Waals surface area (Å²) >= 11 is 3.76. The van der Waals surface area contributed by atoms with Crippen LogP contribution in [0.1, 0.15) is 12.8 Å². The monoisotopic (exact) mass is 188 g/mol. The van der Waals surface area contributed by atoms with E-state index in [1.165, 1.54) is 0 Å².